The fraction of sp³-hybridized carbons (Fsp3) is 0.688. The highest BCUT2D eigenvalue weighted by atomic mass is 19.4. The lowest BCUT2D eigenvalue weighted by molar-refractivity contribution is -0.308. The van der Waals surface area contributed by atoms with Gasteiger partial charge in [-0.1, -0.05) is 0 Å². The summed E-state index contributed by atoms with van der Waals surface area (Å²) in [6, 6.07) is 1.61. The van der Waals surface area contributed by atoms with Crippen LogP contribution in [0.4, 0.5) is 37.0 Å². The van der Waals surface area contributed by atoms with Gasteiger partial charge in [-0.25, -0.2) is 4.79 Å². The third-order valence-electron chi connectivity index (χ3n) is 5.41. The number of carbonyl (C=O) groups is 2. The van der Waals surface area contributed by atoms with Crippen molar-refractivity contribution in [2.45, 2.75) is 37.7 Å². The summed E-state index contributed by atoms with van der Waals surface area (Å²) in [6.45, 7) is -0.173. The van der Waals surface area contributed by atoms with Crippen LogP contribution in [0, 0.1) is 11.3 Å². The summed E-state index contributed by atoms with van der Waals surface area (Å²) in [5, 5.41) is 6.65. The van der Waals surface area contributed by atoms with E-state index in [9.17, 15) is 35.9 Å². The van der Waals surface area contributed by atoms with Crippen molar-refractivity contribution in [2.75, 3.05) is 18.4 Å². The molecule has 2 aliphatic rings. The molecular weight excluding hydrogens is 410 g/mol. The lowest BCUT2D eigenvalue weighted by atomic mass is 9.91. The molecule has 0 aromatic carbocycles. The van der Waals surface area contributed by atoms with Crippen LogP contribution < -0.4 is 5.32 Å². The van der Waals surface area contributed by atoms with Gasteiger partial charge in [-0.2, -0.15) is 31.4 Å². The van der Waals surface area contributed by atoms with Crippen LogP contribution in [0.3, 0.4) is 0 Å². The van der Waals surface area contributed by atoms with E-state index in [-0.39, 0.29) is 37.8 Å². The molecule has 1 N–H and O–H groups in total. The minimum atomic E-state index is -5.75. The van der Waals surface area contributed by atoms with E-state index in [0.29, 0.717) is 12.2 Å². The Morgan fingerprint density at radius 2 is 1.79 bits per heavy atom. The zero-order valence-corrected chi connectivity index (χ0v) is 15.2. The molecule has 29 heavy (non-hydrogen) atoms. The molecule has 2 fully saturated rings. The SMILES string of the molecule is Cn1nccc1NC(=O)C1CC12CCN(C(=O)OC(C(F)(F)F)C(F)(F)F)CC2. The topological polar surface area (TPSA) is 76.5 Å². The maximum atomic E-state index is 12.5. The van der Waals surface area contributed by atoms with Crippen LogP contribution in [0.1, 0.15) is 19.3 Å². The largest absolute Gasteiger partial charge is 0.434 e. The second-order valence-electron chi connectivity index (χ2n) is 7.28. The molecule has 1 atom stereocenters. The zero-order valence-electron chi connectivity index (χ0n) is 15.2. The Labute approximate surface area is 161 Å². The molecule has 2 amide bonds. The molecule has 2 heterocycles. The number of nitrogens with one attached hydrogen (secondary N) is 1. The van der Waals surface area contributed by atoms with Crippen molar-refractivity contribution in [3.05, 3.63) is 12.3 Å². The molecule has 1 saturated carbocycles. The third kappa shape index (κ3) is 4.42. The number of anilines is 1. The van der Waals surface area contributed by atoms with Gasteiger partial charge in [-0.05, 0) is 24.7 Å². The van der Waals surface area contributed by atoms with E-state index in [1.165, 1.54) is 10.9 Å². The minimum Gasteiger partial charge on any atom is -0.426 e. The van der Waals surface area contributed by atoms with Crippen LogP contribution >= 0.6 is 0 Å². The molecule has 0 bridgehead atoms. The highest BCUT2D eigenvalue weighted by Crippen LogP contribution is 2.59. The van der Waals surface area contributed by atoms with Gasteiger partial charge in [0.2, 0.25) is 5.91 Å². The number of aromatic nitrogens is 2. The number of alkyl halides is 6. The normalized spacial score (nSPS) is 21.4. The maximum absolute atomic E-state index is 12.5. The van der Waals surface area contributed by atoms with Gasteiger partial charge in [0.05, 0.1) is 6.20 Å². The molecule has 7 nitrogen and oxygen atoms in total. The fourth-order valence-electron chi connectivity index (χ4n) is 3.61. The van der Waals surface area contributed by atoms with E-state index in [1.807, 2.05) is 0 Å². The third-order valence-corrected chi connectivity index (χ3v) is 5.41. The second kappa shape index (κ2) is 7.10. The lowest BCUT2D eigenvalue weighted by Crippen LogP contribution is -2.49. The number of ether oxygens (including phenoxy) is 1. The summed E-state index contributed by atoms with van der Waals surface area (Å²) >= 11 is 0. The number of nitrogens with zero attached hydrogens (tertiary/aromatic N) is 3. The zero-order chi connectivity index (χ0) is 21.6. The Kier molecular flexibility index (Phi) is 5.20. The predicted octanol–water partition coefficient (Wildman–Crippen LogP) is 3.09. The van der Waals surface area contributed by atoms with Gasteiger partial charge in [0, 0.05) is 32.1 Å². The summed E-state index contributed by atoms with van der Waals surface area (Å²) in [6.07, 6.45) is -14.7. The van der Waals surface area contributed by atoms with Crippen molar-refractivity contribution >= 4 is 17.8 Å². The molecule has 1 aromatic heterocycles. The molecule has 1 aromatic rings. The smallest absolute Gasteiger partial charge is 0.426 e. The van der Waals surface area contributed by atoms with Gasteiger partial charge in [0.1, 0.15) is 5.82 Å². The van der Waals surface area contributed by atoms with Crippen LogP contribution in [-0.2, 0) is 16.6 Å². The molecule has 162 valence electrons. The monoisotopic (exact) mass is 428 g/mol. The molecule has 13 heteroatoms. The molecule has 1 spiro atoms. The van der Waals surface area contributed by atoms with Gasteiger partial charge in [-0.15, -0.1) is 0 Å². The van der Waals surface area contributed by atoms with Crippen LogP contribution in [0.25, 0.3) is 0 Å². The number of aryl methyl sites for hydroxylation is 1. The maximum Gasteiger partial charge on any atom is 0.434 e. The van der Waals surface area contributed by atoms with Crippen molar-refractivity contribution in [3.63, 3.8) is 0 Å². The van der Waals surface area contributed by atoms with Crippen molar-refractivity contribution in [1.29, 1.82) is 0 Å². The molecular formula is C16H18F6N4O3. The molecule has 0 radical (unpaired) electrons. The van der Waals surface area contributed by atoms with Crippen molar-refractivity contribution in [3.8, 4) is 0 Å². The Bertz CT molecular complexity index is 768. The summed E-state index contributed by atoms with van der Waals surface area (Å²) in [5.74, 6) is -0.0732. The number of rotatable bonds is 3. The summed E-state index contributed by atoms with van der Waals surface area (Å²) < 4.78 is 80.4. The highest BCUT2D eigenvalue weighted by Gasteiger charge is 2.61. The first-order chi connectivity index (χ1) is 13.3. The lowest BCUT2D eigenvalue weighted by Gasteiger charge is -2.33. The first kappa shape index (κ1) is 21.2. The van der Waals surface area contributed by atoms with E-state index in [2.05, 4.69) is 15.2 Å². The van der Waals surface area contributed by atoms with E-state index in [4.69, 9.17) is 0 Å². The predicted molar refractivity (Wildman–Crippen MR) is 85.6 cm³/mol. The quantitative estimate of drug-likeness (QED) is 0.751. The van der Waals surface area contributed by atoms with E-state index in [1.54, 1.807) is 13.1 Å². The van der Waals surface area contributed by atoms with E-state index < -0.39 is 30.0 Å². The van der Waals surface area contributed by atoms with Gasteiger partial charge < -0.3 is 15.0 Å². The molecule has 1 aliphatic heterocycles. The van der Waals surface area contributed by atoms with Crippen LogP contribution in [0.2, 0.25) is 0 Å². The first-order valence-electron chi connectivity index (χ1n) is 8.71. The number of halogens is 6. The Balaban J connectivity index is 1.53. The number of amides is 2. The van der Waals surface area contributed by atoms with E-state index in [0.717, 1.165) is 4.90 Å². The molecule has 3 rings (SSSR count). The number of piperidine rings is 1. The summed E-state index contributed by atoms with van der Waals surface area (Å²) in [5.41, 5.74) is -0.410. The minimum absolute atomic E-state index is 0.0865. The van der Waals surface area contributed by atoms with Crippen LogP contribution in [0.5, 0.6) is 0 Å². The second-order valence-corrected chi connectivity index (χ2v) is 7.28. The van der Waals surface area contributed by atoms with Crippen molar-refractivity contribution in [2.24, 2.45) is 18.4 Å². The molecule has 1 unspecified atom stereocenters. The van der Waals surface area contributed by atoms with Gasteiger partial charge in [-0.3, -0.25) is 9.48 Å². The van der Waals surface area contributed by atoms with Crippen LogP contribution in [0.15, 0.2) is 12.3 Å². The Morgan fingerprint density at radius 1 is 1.21 bits per heavy atom. The highest BCUT2D eigenvalue weighted by molar-refractivity contribution is 5.94. The Hall–Kier alpha value is -2.47. The summed E-state index contributed by atoms with van der Waals surface area (Å²) in [7, 11) is 1.65. The average molecular weight is 428 g/mol. The number of hydrogen-bond donors (Lipinski definition) is 1. The summed E-state index contributed by atoms with van der Waals surface area (Å²) in [4.78, 5) is 25.0. The molecule has 1 aliphatic carbocycles. The van der Waals surface area contributed by atoms with Crippen LogP contribution in [-0.4, -0.2) is 58.2 Å². The average Bonchev–Trinajstić information content (AvgIpc) is 3.15. The van der Waals surface area contributed by atoms with Crippen molar-refractivity contribution < 1.29 is 40.7 Å². The Morgan fingerprint density at radius 3 is 2.28 bits per heavy atom. The number of likely N-dealkylation sites (tertiary alicyclic amines) is 1. The van der Waals surface area contributed by atoms with E-state index >= 15 is 0 Å². The van der Waals surface area contributed by atoms with Gasteiger partial charge >= 0.3 is 18.4 Å². The molecule has 1 saturated heterocycles. The number of hydrogen-bond acceptors (Lipinski definition) is 4. The number of carbonyl (C=O) groups excluding carboxylic acids is 2. The van der Waals surface area contributed by atoms with Gasteiger partial charge in [0.25, 0.3) is 6.10 Å². The standard InChI is InChI=1S/C16H18F6N4O3/c1-25-10(2-5-23-25)24-11(27)9-8-14(9)3-6-26(7-4-14)13(28)29-12(15(17,18)19)16(20,21)22/h2,5,9,12H,3-4,6-8H2,1H3,(H,24,27). The first-order valence-corrected chi connectivity index (χ1v) is 8.71. The fourth-order valence-corrected chi connectivity index (χ4v) is 3.61. The van der Waals surface area contributed by atoms with Gasteiger partial charge in [0.15, 0.2) is 0 Å². The van der Waals surface area contributed by atoms with Crippen molar-refractivity contribution in [1.82, 2.24) is 14.7 Å².